The molecular weight excluding hydrogens is 1240 g/mol. The van der Waals surface area contributed by atoms with Crippen molar-refractivity contribution in [3.05, 3.63) is 339 Å². The summed E-state index contributed by atoms with van der Waals surface area (Å²) in [7, 11) is -2.93. The number of para-hydroxylation sites is 2. The predicted molar refractivity (Wildman–Crippen MR) is 354 cm³/mol. The van der Waals surface area contributed by atoms with Crippen LogP contribution < -0.4 is 4.90 Å². The van der Waals surface area contributed by atoms with Gasteiger partial charge in [-0.1, -0.05) is 253 Å². The molecule has 3 nitrogen and oxygen atoms in total. The zero-order valence-electron chi connectivity index (χ0n) is 50.2. The predicted octanol–water partition coefficient (Wildman–Crippen LogP) is 19.1. The van der Waals surface area contributed by atoms with E-state index in [1.165, 1.54) is 89.4 Å². The van der Waals surface area contributed by atoms with Crippen molar-refractivity contribution in [2.24, 2.45) is 0 Å². The Hall–Kier alpha value is -7.80. The molecule has 0 unspecified atom stereocenters. The minimum atomic E-state index is -1.47. The van der Waals surface area contributed by atoms with Crippen molar-refractivity contribution in [2.45, 2.75) is 93.8 Å². The first-order valence-corrected chi connectivity index (χ1v) is 37.4. The quantitative estimate of drug-likeness (QED) is 0.0902. The summed E-state index contributed by atoms with van der Waals surface area (Å²) in [5, 5.41) is 0. The number of rotatable bonds is 12. The van der Waals surface area contributed by atoms with Crippen LogP contribution in [0.5, 0.6) is 0 Å². The summed E-state index contributed by atoms with van der Waals surface area (Å²) in [4.78, 5) is 13.0. The van der Waals surface area contributed by atoms with Crippen molar-refractivity contribution in [3.63, 3.8) is 0 Å². The molecule has 9 aromatic carbocycles. The molecular formula is C79H71N3PtSi2. The Morgan fingerprint density at radius 3 is 1.05 bits per heavy atom. The third-order valence-corrected chi connectivity index (χ3v) is 21.0. The van der Waals surface area contributed by atoms with Gasteiger partial charge in [0.25, 0.3) is 0 Å². The van der Waals surface area contributed by atoms with Gasteiger partial charge >= 0.3 is 21.1 Å². The molecule has 0 radical (unpaired) electrons. The van der Waals surface area contributed by atoms with Crippen molar-refractivity contribution in [3.8, 4) is 22.5 Å². The standard InChI is InChI=1S/C79H71N3Si2.Pt/c1-76(2,3)64-50-69-75-70(51-64)78(60-32-18-12-19-33-60,61-34-20-13-21-35-61)66-39-25-41-68-74(66)82(75)73-65(77(69,58-28-14-10-15-29-58)59-30-16-11-17-31-59)38-24-40-67(73)79(68,62-36-22-26-56(48-62)71-46-54(42-44-80-71)52-83(4,5)6)63-37-23-27-57(49-63)72-47-55(43-45-81-72)53-84(7,8)9;/h10-47,50-51H,52-53H2,1-9H3;/q-2;+2. The summed E-state index contributed by atoms with van der Waals surface area (Å²) in [6, 6.07) is 98.4. The molecule has 5 heterocycles. The summed E-state index contributed by atoms with van der Waals surface area (Å²) >= 11 is 0. The summed E-state index contributed by atoms with van der Waals surface area (Å²) in [5.41, 5.74) is 22.7. The maximum atomic E-state index is 5.15. The summed E-state index contributed by atoms with van der Waals surface area (Å²) < 4.78 is 0. The number of hydrogen-bond donors (Lipinski definition) is 0. The van der Waals surface area contributed by atoms with E-state index in [9.17, 15) is 0 Å². The van der Waals surface area contributed by atoms with Crippen LogP contribution >= 0.6 is 0 Å². The molecule has 0 amide bonds. The molecule has 0 fully saturated rings. The fourth-order valence-electron chi connectivity index (χ4n) is 14.8. The normalized spacial score (nSPS) is 14.9. The van der Waals surface area contributed by atoms with Crippen LogP contribution in [0.1, 0.15) is 104 Å². The molecule has 2 aromatic heterocycles. The van der Waals surface area contributed by atoms with Gasteiger partial charge in [0.1, 0.15) is 0 Å². The molecule has 6 heteroatoms. The molecule has 0 atom stereocenters. The SMILES string of the molecule is CC(C)(C)c1cc2c3c(c1)C(c1ccccc1)(c1ccccc1)c1cccc4c1N3c1c(cccc1C2(c1ccccc1)c1ccccc1)C4(c1[c-]c(-c2cc(C[Si](C)(C)C)ccn2)ccc1)c1[c-]c(-c2cc(C[Si](C)(C)C)ccn2)ccc1.[Pt+2]. The van der Waals surface area contributed by atoms with Crippen molar-refractivity contribution in [2.75, 3.05) is 4.90 Å². The van der Waals surface area contributed by atoms with Crippen LogP contribution in [0.2, 0.25) is 39.3 Å². The van der Waals surface area contributed by atoms with Gasteiger partial charge in [-0.15, -0.1) is 70.8 Å². The maximum absolute atomic E-state index is 5.15. The van der Waals surface area contributed by atoms with Gasteiger partial charge in [-0.25, -0.2) is 0 Å². The number of aromatic nitrogens is 2. The minimum Gasteiger partial charge on any atom is -0.308 e. The van der Waals surface area contributed by atoms with Gasteiger partial charge in [0.15, 0.2) is 0 Å². The monoisotopic (exact) mass is 1310 g/mol. The van der Waals surface area contributed by atoms with Crippen LogP contribution in [0, 0.1) is 12.1 Å². The first kappa shape index (κ1) is 56.3. The fourth-order valence-corrected chi connectivity index (χ4v) is 17.7. The molecule has 0 saturated carbocycles. The average Bonchev–Trinajstić information content (AvgIpc) is 0.660. The zero-order valence-corrected chi connectivity index (χ0v) is 54.4. The van der Waals surface area contributed by atoms with Crippen LogP contribution in [0.15, 0.2) is 243 Å². The Morgan fingerprint density at radius 2 is 0.706 bits per heavy atom. The van der Waals surface area contributed by atoms with E-state index in [-0.39, 0.29) is 26.5 Å². The molecule has 0 bridgehead atoms. The Morgan fingerprint density at radius 1 is 0.376 bits per heavy atom. The average molecular weight is 1310 g/mol. The second-order valence-corrected chi connectivity index (χ2v) is 38.1. The van der Waals surface area contributed by atoms with E-state index in [1.807, 2.05) is 12.4 Å². The Kier molecular flexibility index (Phi) is 13.9. The van der Waals surface area contributed by atoms with Crippen LogP contribution in [0.4, 0.5) is 17.1 Å². The van der Waals surface area contributed by atoms with Gasteiger partial charge in [0, 0.05) is 34.0 Å². The molecule has 14 rings (SSSR count). The van der Waals surface area contributed by atoms with Crippen molar-refractivity contribution in [1.29, 1.82) is 0 Å². The topological polar surface area (TPSA) is 29.0 Å². The van der Waals surface area contributed by atoms with E-state index in [1.54, 1.807) is 0 Å². The van der Waals surface area contributed by atoms with Gasteiger partial charge in [0.05, 0.1) is 27.9 Å². The second-order valence-electron chi connectivity index (χ2n) is 27.2. The van der Waals surface area contributed by atoms with E-state index in [2.05, 4.69) is 308 Å². The van der Waals surface area contributed by atoms with Crippen LogP contribution in [-0.4, -0.2) is 26.1 Å². The van der Waals surface area contributed by atoms with Gasteiger partial charge in [-0.05, 0) is 102 Å². The van der Waals surface area contributed by atoms with Crippen molar-refractivity contribution in [1.82, 2.24) is 9.97 Å². The van der Waals surface area contributed by atoms with Crippen molar-refractivity contribution < 1.29 is 21.1 Å². The van der Waals surface area contributed by atoms with Crippen LogP contribution in [-0.2, 0) is 54.8 Å². The largest absolute Gasteiger partial charge is 2.00 e. The van der Waals surface area contributed by atoms with Gasteiger partial charge in [-0.3, -0.25) is 0 Å². The summed E-state index contributed by atoms with van der Waals surface area (Å²) in [6.45, 7) is 21.8. The molecule has 0 spiro atoms. The number of benzene rings is 9. The summed E-state index contributed by atoms with van der Waals surface area (Å²) in [6.07, 6.45) is 4.00. The molecule has 3 aliphatic heterocycles. The van der Waals surface area contributed by atoms with Gasteiger partial charge in [0.2, 0.25) is 0 Å². The molecule has 420 valence electrons. The molecule has 11 aromatic rings. The molecule has 0 N–H and O–H groups in total. The minimum absolute atomic E-state index is 0. The maximum Gasteiger partial charge on any atom is 2.00 e. The van der Waals surface area contributed by atoms with Crippen LogP contribution in [0.3, 0.4) is 0 Å². The molecule has 3 aliphatic rings. The molecule has 0 saturated heterocycles. The molecule has 85 heavy (non-hydrogen) atoms. The molecule has 0 aliphatic carbocycles. The van der Waals surface area contributed by atoms with Crippen LogP contribution in [0.25, 0.3) is 22.5 Å². The third kappa shape index (κ3) is 8.98. The smallest absolute Gasteiger partial charge is 0.308 e. The number of hydrogen-bond acceptors (Lipinski definition) is 3. The summed E-state index contributed by atoms with van der Waals surface area (Å²) in [5.74, 6) is 0. The second kappa shape index (κ2) is 21.0. The van der Waals surface area contributed by atoms with E-state index >= 15 is 0 Å². The number of nitrogens with zero attached hydrogens (tertiary/aromatic N) is 3. The van der Waals surface area contributed by atoms with Gasteiger partial charge < -0.3 is 14.9 Å². The Bertz CT molecular complexity index is 3980. The zero-order chi connectivity index (χ0) is 57.8. The Balaban J connectivity index is 0.00000672. The number of anilines is 3. The van der Waals surface area contributed by atoms with E-state index in [4.69, 9.17) is 9.97 Å². The van der Waals surface area contributed by atoms with Gasteiger partial charge in [-0.2, -0.15) is 0 Å². The number of pyridine rings is 2. The van der Waals surface area contributed by atoms with E-state index < -0.39 is 32.4 Å². The Labute approximate surface area is 520 Å². The third-order valence-electron chi connectivity index (χ3n) is 18.0. The van der Waals surface area contributed by atoms with E-state index in [0.717, 1.165) is 45.7 Å². The first-order chi connectivity index (χ1) is 40.5. The fraction of sp³-hybridized carbons (Fsp3) is 0.190. The van der Waals surface area contributed by atoms with Crippen molar-refractivity contribution >= 4 is 33.2 Å². The first-order valence-electron chi connectivity index (χ1n) is 30.0. The van der Waals surface area contributed by atoms with E-state index in [0.29, 0.717) is 0 Å².